The van der Waals surface area contributed by atoms with E-state index in [2.05, 4.69) is 79.9 Å². The Kier molecular flexibility index (Phi) is 41.4. The van der Waals surface area contributed by atoms with Crippen molar-refractivity contribution >= 4 is 5.91 Å². The van der Waals surface area contributed by atoms with Crippen LogP contribution in [0.2, 0.25) is 0 Å². The standard InChI is InChI=1S/C55H97NO8/c1-3-5-7-9-11-13-15-17-19-20-21-22-23-24-25-26-27-28-29-30-31-33-35-37-39-41-43-45-51(59)56-48(47-63-55-54(62)53(61)52(60)50(46-57)64-55)49(58)44-42-40-38-36-34-32-18-16-14-12-10-8-6-4-2/h14-17,20-21,23-24,34,36,42,44,48-50,52-55,57-58,60-62H,3-13,18-19,22,25-33,35,37-41,43,45-47H2,1-2H3,(H,56,59)/b16-14+,17-15-,21-20-,24-23-,36-34+,44-42+. The zero-order valence-electron chi connectivity index (χ0n) is 40.8. The molecule has 1 rings (SSSR count). The molecule has 9 nitrogen and oxygen atoms in total. The maximum absolute atomic E-state index is 13.0. The number of amides is 1. The number of hydrogen-bond donors (Lipinski definition) is 6. The second-order valence-electron chi connectivity index (χ2n) is 17.9. The zero-order chi connectivity index (χ0) is 46.6. The summed E-state index contributed by atoms with van der Waals surface area (Å²) in [7, 11) is 0. The van der Waals surface area contributed by atoms with Crippen molar-refractivity contribution in [1.82, 2.24) is 5.32 Å². The molecule has 1 heterocycles. The van der Waals surface area contributed by atoms with Gasteiger partial charge >= 0.3 is 0 Å². The Hall–Kier alpha value is -2.37. The predicted octanol–water partition coefficient (Wildman–Crippen LogP) is 12.1. The molecule has 1 amide bonds. The molecule has 1 aliphatic rings. The Bertz CT molecular complexity index is 1230. The van der Waals surface area contributed by atoms with Crippen LogP contribution in [0.25, 0.3) is 0 Å². The van der Waals surface area contributed by atoms with Gasteiger partial charge < -0.3 is 40.3 Å². The molecule has 0 bridgehead atoms. The third-order valence-corrected chi connectivity index (χ3v) is 12.0. The van der Waals surface area contributed by atoms with Crippen molar-refractivity contribution in [2.45, 2.75) is 256 Å². The Morgan fingerprint density at radius 3 is 1.44 bits per heavy atom. The van der Waals surface area contributed by atoms with Gasteiger partial charge in [-0.3, -0.25) is 4.79 Å². The van der Waals surface area contributed by atoms with E-state index >= 15 is 0 Å². The normalized spacial score (nSPS) is 20.6. The molecule has 0 aromatic carbocycles. The van der Waals surface area contributed by atoms with Crippen LogP contribution in [-0.4, -0.2) is 87.5 Å². The van der Waals surface area contributed by atoms with Crippen molar-refractivity contribution in [3.05, 3.63) is 72.9 Å². The average molecular weight is 900 g/mol. The second-order valence-corrected chi connectivity index (χ2v) is 17.9. The maximum Gasteiger partial charge on any atom is 0.220 e. The molecule has 7 atom stereocenters. The van der Waals surface area contributed by atoms with Crippen LogP contribution in [0.1, 0.15) is 213 Å². The van der Waals surface area contributed by atoms with Crippen LogP contribution in [0.4, 0.5) is 0 Å². The third kappa shape index (κ3) is 34.0. The summed E-state index contributed by atoms with van der Waals surface area (Å²) in [5.74, 6) is -0.196. The molecular formula is C55H97NO8. The highest BCUT2D eigenvalue weighted by atomic mass is 16.7. The summed E-state index contributed by atoms with van der Waals surface area (Å²) >= 11 is 0. The molecule has 0 aliphatic carbocycles. The first kappa shape index (κ1) is 59.6. The highest BCUT2D eigenvalue weighted by Crippen LogP contribution is 2.22. The van der Waals surface area contributed by atoms with Crippen LogP contribution in [0.3, 0.4) is 0 Å². The fourth-order valence-corrected chi connectivity index (χ4v) is 7.78. The lowest BCUT2D eigenvalue weighted by Gasteiger charge is -2.40. The van der Waals surface area contributed by atoms with E-state index in [1.165, 1.54) is 128 Å². The van der Waals surface area contributed by atoms with Crippen LogP contribution in [0, 0.1) is 0 Å². The first-order valence-electron chi connectivity index (χ1n) is 26.2. The molecule has 64 heavy (non-hydrogen) atoms. The van der Waals surface area contributed by atoms with E-state index in [9.17, 15) is 30.3 Å². The Balaban J connectivity index is 2.25. The van der Waals surface area contributed by atoms with E-state index in [1.54, 1.807) is 6.08 Å². The van der Waals surface area contributed by atoms with E-state index < -0.39 is 49.5 Å². The summed E-state index contributed by atoms with van der Waals surface area (Å²) < 4.78 is 11.2. The molecule has 6 N–H and O–H groups in total. The number of rotatable bonds is 43. The van der Waals surface area contributed by atoms with Crippen LogP contribution < -0.4 is 5.32 Å². The van der Waals surface area contributed by atoms with E-state index in [4.69, 9.17) is 9.47 Å². The zero-order valence-corrected chi connectivity index (χ0v) is 40.8. The Morgan fingerprint density at radius 2 is 0.938 bits per heavy atom. The van der Waals surface area contributed by atoms with E-state index in [0.717, 1.165) is 64.2 Å². The molecule has 7 unspecified atom stereocenters. The minimum absolute atomic E-state index is 0.196. The van der Waals surface area contributed by atoms with Crippen LogP contribution in [0.5, 0.6) is 0 Å². The predicted molar refractivity (Wildman–Crippen MR) is 267 cm³/mol. The summed E-state index contributed by atoms with van der Waals surface area (Å²) in [4.78, 5) is 13.0. The van der Waals surface area contributed by atoms with Gasteiger partial charge in [-0.1, -0.05) is 196 Å². The molecule has 1 saturated heterocycles. The van der Waals surface area contributed by atoms with E-state index in [0.29, 0.717) is 6.42 Å². The fourth-order valence-electron chi connectivity index (χ4n) is 7.78. The van der Waals surface area contributed by atoms with Gasteiger partial charge in [0, 0.05) is 6.42 Å². The molecular weight excluding hydrogens is 803 g/mol. The van der Waals surface area contributed by atoms with Gasteiger partial charge in [0.1, 0.15) is 24.4 Å². The lowest BCUT2D eigenvalue weighted by molar-refractivity contribution is -0.302. The number of aliphatic hydroxyl groups excluding tert-OH is 5. The summed E-state index contributed by atoms with van der Waals surface area (Å²) in [6.45, 7) is 3.71. The van der Waals surface area contributed by atoms with Crippen molar-refractivity contribution in [3.8, 4) is 0 Å². The summed E-state index contributed by atoms with van der Waals surface area (Å²) in [6, 6.07) is -0.831. The van der Waals surface area contributed by atoms with Crippen LogP contribution in [0.15, 0.2) is 72.9 Å². The molecule has 0 aromatic rings. The number of hydrogen-bond acceptors (Lipinski definition) is 8. The number of carbonyl (C=O) groups is 1. The molecule has 0 aromatic heterocycles. The maximum atomic E-state index is 13.0. The second kappa shape index (κ2) is 44.5. The molecule has 1 aliphatic heterocycles. The van der Waals surface area contributed by atoms with E-state index in [-0.39, 0.29) is 12.5 Å². The highest BCUT2D eigenvalue weighted by Gasteiger charge is 2.44. The van der Waals surface area contributed by atoms with Crippen molar-refractivity contribution in [1.29, 1.82) is 0 Å². The van der Waals surface area contributed by atoms with Gasteiger partial charge in [-0.25, -0.2) is 0 Å². The quantitative estimate of drug-likeness (QED) is 0.0262. The molecule has 0 saturated carbocycles. The number of ether oxygens (including phenoxy) is 2. The lowest BCUT2D eigenvalue weighted by Crippen LogP contribution is -2.60. The smallest absolute Gasteiger partial charge is 0.220 e. The summed E-state index contributed by atoms with van der Waals surface area (Å²) in [5.41, 5.74) is 0. The Labute approximate surface area is 391 Å². The molecule has 0 spiro atoms. The van der Waals surface area contributed by atoms with Gasteiger partial charge in [-0.2, -0.15) is 0 Å². The average Bonchev–Trinajstić information content (AvgIpc) is 3.29. The molecule has 370 valence electrons. The fraction of sp³-hybridized carbons (Fsp3) is 0.764. The number of aliphatic hydroxyl groups is 5. The van der Waals surface area contributed by atoms with Crippen LogP contribution >= 0.6 is 0 Å². The van der Waals surface area contributed by atoms with Gasteiger partial charge in [-0.05, 0) is 83.5 Å². The summed E-state index contributed by atoms with van der Waals surface area (Å²) in [6.07, 6.45) is 53.8. The minimum Gasteiger partial charge on any atom is -0.394 e. The first-order valence-corrected chi connectivity index (χ1v) is 26.2. The SMILES string of the molecule is CCCCCC/C=C/CC/C=C/CC/C=C/C(O)C(COC1OC(CO)C(O)C(O)C1O)NC(=O)CCCCCCCCCCCCCC/C=C\C/C=C\C/C=C\CCCCCCC. The van der Waals surface area contributed by atoms with Gasteiger partial charge in [0.15, 0.2) is 6.29 Å². The van der Waals surface area contributed by atoms with Crippen molar-refractivity contribution in [2.75, 3.05) is 13.2 Å². The van der Waals surface area contributed by atoms with Gasteiger partial charge in [0.05, 0.1) is 25.4 Å². The highest BCUT2D eigenvalue weighted by molar-refractivity contribution is 5.76. The van der Waals surface area contributed by atoms with Crippen molar-refractivity contribution < 1.29 is 39.8 Å². The molecule has 1 fully saturated rings. The van der Waals surface area contributed by atoms with Gasteiger partial charge in [0.2, 0.25) is 5.91 Å². The largest absolute Gasteiger partial charge is 0.394 e. The summed E-state index contributed by atoms with van der Waals surface area (Å²) in [5, 5.41) is 54.3. The van der Waals surface area contributed by atoms with Crippen LogP contribution in [-0.2, 0) is 14.3 Å². The van der Waals surface area contributed by atoms with Crippen molar-refractivity contribution in [3.63, 3.8) is 0 Å². The number of unbranched alkanes of at least 4 members (excludes halogenated alkanes) is 23. The molecule has 0 radical (unpaired) electrons. The first-order chi connectivity index (χ1) is 31.3. The number of nitrogens with one attached hydrogen (secondary N) is 1. The lowest BCUT2D eigenvalue weighted by atomic mass is 9.99. The monoisotopic (exact) mass is 900 g/mol. The van der Waals surface area contributed by atoms with Crippen molar-refractivity contribution in [2.24, 2.45) is 0 Å². The third-order valence-electron chi connectivity index (χ3n) is 12.0. The van der Waals surface area contributed by atoms with E-state index in [1.807, 2.05) is 6.08 Å². The number of carbonyl (C=O) groups excluding carboxylic acids is 1. The van der Waals surface area contributed by atoms with Gasteiger partial charge in [-0.15, -0.1) is 0 Å². The Morgan fingerprint density at radius 1 is 0.531 bits per heavy atom. The topological polar surface area (TPSA) is 149 Å². The molecule has 9 heteroatoms. The minimum atomic E-state index is -1.58. The van der Waals surface area contributed by atoms with Gasteiger partial charge in [0.25, 0.3) is 0 Å². The number of allylic oxidation sites excluding steroid dienone is 11.